The van der Waals surface area contributed by atoms with Crippen LogP contribution in [0.15, 0.2) is 18.2 Å². The minimum atomic E-state index is -0.454. The predicted octanol–water partition coefficient (Wildman–Crippen LogP) is 2.44. The second-order valence-corrected chi connectivity index (χ2v) is 4.65. The van der Waals surface area contributed by atoms with Crippen molar-refractivity contribution in [2.24, 2.45) is 5.92 Å². The molecule has 0 radical (unpaired) electrons. The van der Waals surface area contributed by atoms with Crippen LogP contribution in [0, 0.1) is 17.6 Å². The van der Waals surface area contributed by atoms with Gasteiger partial charge in [-0.15, -0.1) is 0 Å². The van der Waals surface area contributed by atoms with Crippen LogP contribution in [0.1, 0.15) is 5.56 Å². The summed E-state index contributed by atoms with van der Waals surface area (Å²) < 4.78 is 26.1. The zero-order valence-electron chi connectivity index (χ0n) is 8.00. The van der Waals surface area contributed by atoms with Crippen molar-refractivity contribution in [3.05, 3.63) is 35.4 Å². The van der Waals surface area contributed by atoms with Gasteiger partial charge in [-0.2, -0.15) is 11.8 Å². The van der Waals surface area contributed by atoms with Gasteiger partial charge >= 0.3 is 0 Å². The molecule has 0 bridgehead atoms. The van der Waals surface area contributed by atoms with E-state index in [1.165, 1.54) is 6.07 Å². The molecule has 1 heterocycles. The maximum atomic E-state index is 13.3. The molecule has 1 fully saturated rings. The topological polar surface area (TPSA) is 17.1 Å². The van der Waals surface area contributed by atoms with E-state index in [0.717, 1.165) is 17.9 Å². The van der Waals surface area contributed by atoms with Gasteiger partial charge in [-0.3, -0.25) is 4.79 Å². The van der Waals surface area contributed by atoms with E-state index in [2.05, 4.69) is 0 Å². The Labute approximate surface area is 90.9 Å². The van der Waals surface area contributed by atoms with Crippen LogP contribution in [-0.4, -0.2) is 17.3 Å². The molecule has 1 saturated heterocycles. The van der Waals surface area contributed by atoms with Crippen molar-refractivity contribution in [2.45, 2.75) is 6.42 Å². The smallest absolute Gasteiger partial charge is 0.146 e. The molecule has 1 aliphatic rings. The van der Waals surface area contributed by atoms with Crippen molar-refractivity contribution in [3.8, 4) is 0 Å². The largest absolute Gasteiger partial charge is 0.298 e. The molecule has 2 rings (SSSR count). The third-order valence-corrected chi connectivity index (χ3v) is 3.62. The van der Waals surface area contributed by atoms with E-state index in [4.69, 9.17) is 0 Å². The fourth-order valence-corrected chi connectivity index (χ4v) is 2.79. The van der Waals surface area contributed by atoms with Gasteiger partial charge in [0.2, 0.25) is 0 Å². The first kappa shape index (κ1) is 10.6. The van der Waals surface area contributed by atoms with Gasteiger partial charge in [0.1, 0.15) is 17.4 Å². The molecule has 4 heteroatoms. The minimum absolute atomic E-state index is 0.142. The molecule has 0 amide bonds. The maximum Gasteiger partial charge on any atom is 0.146 e. The van der Waals surface area contributed by atoms with Gasteiger partial charge in [0.15, 0.2) is 0 Å². The molecule has 0 N–H and O–H groups in total. The number of hydrogen-bond acceptors (Lipinski definition) is 2. The highest BCUT2D eigenvalue weighted by Gasteiger charge is 2.26. The molecule has 0 aromatic heterocycles. The van der Waals surface area contributed by atoms with Gasteiger partial charge in [0.25, 0.3) is 0 Å². The molecule has 0 aliphatic carbocycles. The van der Waals surface area contributed by atoms with Gasteiger partial charge < -0.3 is 0 Å². The highest BCUT2D eigenvalue weighted by atomic mass is 32.2. The van der Waals surface area contributed by atoms with Crippen molar-refractivity contribution in [1.82, 2.24) is 0 Å². The minimum Gasteiger partial charge on any atom is -0.298 e. The fourth-order valence-electron chi connectivity index (χ4n) is 1.65. The monoisotopic (exact) mass is 228 g/mol. The Bertz CT molecular complexity index is 392. The summed E-state index contributed by atoms with van der Waals surface area (Å²) >= 11 is 1.55. The number of Topliss-reactive ketones (excluding diaryl/α,β-unsaturated/α-hetero) is 1. The molecule has 15 heavy (non-hydrogen) atoms. The van der Waals surface area contributed by atoms with Crippen molar-refractivity contribution in [1.29, 1.82) is 0 Å². The van der Waals surface area contributed by atoms with E-state index in [1.807, 2.05) is 0 Å². The summed E-state index contributed by atoms with van der Waals surface area (Å²) in [6.07, 6.45) is 0.315. The van der Waals surface area contributed by atoms with E-state index >= 15 is 0 Å². The van der Waals surface area contributed by atoms with Crippen LogP contribution in [0.5, 0.6) is 0 Å². The quantitative estimate of drug-likeness (QED) is 0.773. The third-order valence-electron chi connectivity index (χ3n) is 2.49. The van der Waals surface area contributed by atoms with Gasteiger partial charge in [-0.05, 0) is 30.2 Å². The summed E-state index contributed by atoms with van der Waals surface area (Å²) in [6.45, 7) is 0. The number of ketones is 1. The van der Waals surface area contributed by atoms with Gasteiger partial charge in [-0.25, -0.2) is 8.78 Å². The Balaban J connectivity index is 2.16. The molecular weight excluding hydrogens is 218 g/mol. The van der Waals surface area contributed by atoms with E-state index < -0.39 is 11.6 Å². The lowest BCUT2D eigenvalue weighted by Crippen LogP contribution is -2.14. The summed E-state index contributed by atoms with van der Waals surface area (Å²) in [4.78, 5) is 11.3. The highest BCUT2D eigenvalue weighted by Crippen LogP contribution is 2.25. The molecular formula is C11H10F2OS. The lowest BCUT2D eigenvalue weighted by molar-refractivity contribution is -0.119. The van der Waals surface area contributed by atoms with Gasteiger partial charge in [0, 0.05) is 11.7 Å². The average molecular weight is 228 g/mol. The van der Waals surface area contributed by atoms with Crippen molar-refractivity contribution >= 4 is 17.5 Å². The molecule has 1 unspecified atom stereocenters. The second-order valence-electron chi connectivity index (χ2n) is 3.62. The Kier molecular flexibility index (Phi) is 3.05. The molecule has 1 atom stereocenters. The summed E-state index contributed by atoms with van der Waals surface area (Å²) in [5.74, 6) is 0.330. The van der Waals surface area contributed by atoms with Crippen molar-refractivity contribution < 1.29 is 13.6 Å². The number of carbonyl (C=O) groups is 1. The lowest BCUT2D eigenvalue weighted by atomic mass is 9.97. The van der Waals surface area contributed by atoms with Gasteiger partial charge in [0.05, 0.1) is 5.75 Å². The van der Waals surface area contributed by atoms with E-state index in [9.17, 15) is 13.6 Å². The zero-order chi connectivity index (χ0) is 10.8. The summed E-state index contributed by atoms with van der Waals surface area (Å²) in [5.41, 5.74) is 0.302. The highest BCUT2D eigenvalue weighted by molar-refractivity contribution is 8.00. The number of halogens is 2. The SMILES string of the molecule is O=C1CSCC1Cc1cc(F)ccc1F. The molecule has 1 aromatic rings. The first-order valence-corrected chi connectivity index (χ1v) is 5.86. The number of thioether (sulfide) groups is 1. The van der Waals surface area contributed by atoms with Crippen molar-refractivity contribution in [3.63, 3.8) is 0 Å². The number of benzene rings is 1. The molecule has 1 aromatic carbocycles. The second kappa shape index (κ2) is 4.31. The Morgan fingerprint density at radius 2 is 2.20 bits per heavy atom. The van der Waals surface area contributed by atoms with Crippen molar-refractivity contribution in [2.75, 3.05) is 11.5 Å². The van der Waals surface area contributed by atoms with Crippen LogP contribution in [0.4, 0.5) is 8.78 Å². The standard InChI is InChI=1S/C11H10F2OS/c12-9-1-2-10(13)7(4-9)3-8-5-15-6-11(8)14/h1-2,4,8H,3,5-6H2. The Hall–Kier alpha value is -0.900. The normalized spacial score (nSPS) is 20.9. The zero-order valence-corrected chi connectivity index (χ0v) is 8.82. The Morgan fingerprint density at radius 1 is 1.40 bits per heavy atom. The van der Waals surface area contributed by atoms with Crippen LogP contribution in [0.3, 0.4) is 0 Å². The molecule has 1 nitrogen and oxygen atoms in total. The molecule has 0 saturated carbocycles. The van der Waals surface area contributed by atoms with Crippen LogP contribution in [0.2, 0.25) is 0 Å². The van der Waals surface area contributed by atoms with E-state index in [0.29, 0.717) is 17.7 Å². The maximum absolute atomic E-state index is 13.3. The Morgan fingerprint density at radius 3 is 2.87 bits per heavy atom. The number of rotatable bonds is 2. The van der Waals surface area contributed by atoms with Crippen LogP contribution in [-0.2, 0) is 11.2 Å². The predicted molar refractivity (Wildman–Crippen MR) is 55.9 cm³/mol. The first-order chi connectivity index (χ1) is 7.16. The third kappa shape index (κ3) is 2.37. The van der Waals surface area contributed by atoms with Crippen LogP contribution in [0.25, 0.3) is 0 Å². The van der Waals surface area contributed by atoms with Crippen LogP contribution >= 0.6 is 11.8 Å². The molecule has 80 valence electrons. The van der Waals surface area contributed by atoms with E-state index in [-0.39, 0.29) is 11.7 Å². The first-order valence-electron chi connectivity index (χ1n) is 4.71. The van der Waals surface area contributed by atoms with E-state index in [1.54, 1.807) is 11.8 Å². The number of carbonyl (C=O) groups excluding carboxylic acids is 1. The summed E-state index contributed by atoms with van der Waals surface area (Å²) in [6, 6.07) is 3.37. The van der Waals surface area contributed by atoms with Gasteiger partial charge in [-0.1, -0.05) is 0 Å². The average Bonchev–Trinajstić information content (AvgIpc) is 2.58. The lowest BCUT2D eigenvalue weighted by Gasteiger charge is -2.07. The molecule has 0 spiro atoms. The summed E-state index contributed by atoms with van der Waals surface area (Å²) in [7, 11) is 0. The van der Waals surface area contributed by atoms with Crippen LogP contribution < -0.4 is 0 Å². The fraction of sp³-hybridized carbons (Fsp3) is 0.364. The number of hydrogen-bond donors (Lipinski definition) is 0. The molecule has 1 aliphatic heterocycles. The summed E-state index contributed by atoms with van der Waals surface area (Å²) in [5, 5.41) is 0.